The molecular weight excluding hydrogens is 204 g/mol. The Morgan fingerprint density at radius 2 is 1.94 bits per heavy atom. The molecule has 0 aromatic carbocycles. The normalized spacial score (nSPS) is 9.38. The number of nitrogen functional groups attached to an aromatic ring is 2. The summed E-state index contributed by atoms with van der Waals surface area (Å²) >= 11 is 0. The van der Waals surface area contributed by atoms with Crippen molar-refractivity contribution in [3.63, 3.8) is 0 Å². The molecule has 0 aliphatic carbocycles. The summed E-state index contributed by atoms with van der Waals surface area (Å²) in [4.78, 5) is 15.4. The van der Waals surface area contributed by atoms with Gasteiger partial charge in [0.05, 0.1) is 5.69 Å². The van der Waals surface area contributed by atoms with Crippen LogP contribution >= 0.6 is 0 Å². The maximum Gasteiger partial charge on any atom is 0.285 e. The lowest BCUT2D eigenvalue weighted by atomic mass is 10.1. The zero-order valence-electron chi connectivity index (χ0n) is 10.2. The Labute approximate surface area is 96.2 Å². The quantitative estimate of drug-likeness (QED) is 0.402. The second kappa shape index (κ2) is 6.79. The minimum Gasteiger partial charge on any atom is -0.397 e. The monoisotopic (exact) mass is 224 g/mol. The van der Waals surface area contributed by atoms with E-state index < -0.39 is 5.91 Å². The standard InChI is InChI=1S/C9H14N4O.C2H6/c1-5(2)7-4-3-6(10)8(12-7)9(14)13-11;1-2/h3-5H,10-11H2,1-2H3,(H,13,14);1-2H3. The van der Waals surface area contributed by atoms with Crippen LogP contribution in [0.3, 0.4) is 0 Å². The fourth-order valence-corrected chi connectivity index (χ4v) is 1.06. The number of aromatic nitrogens is 1. The largest absolute Gasteiger partial charge is 0.397 e. The molecule has 16 heavy (non-hydrogen) atoms. The molecule has 1 aromatic heterocycles. The summed E-state index contributed by atoms with van der Waals surface area (Å²) in [5.74, 6) is 4.79. The number of carbonyl (C=O) groups is 1. The van der Waals surface area contributed by atoms with Gasteiger partial charge in [0.15, 0.2) is 5.69 Å². The van der Waals surface area contributed by atoms with Gasteiger partial charge in [-0.25, -0.2) is 10.8 Å². The van der Waals surface area contributed by atoms with Crippen LogP contribution in [0, 0.1) is 0 Å². The van der Waals surface area contributed by atoms with Crippen LogP contribution in [0.1, 0.15) is 49.8 Å². The summed E-state index contributed by atoms with van der Waals surface area (Å²) in [5, 5.41) is 0. The molecule has 0 atom stereocenters. The molecule has 0 saturated carbocycles. The molecular formula is C11H20N4O. The second-order valence-corrected chi connectivity index (χ2v) is 3.30. The van der Waals surface area contributed by atoms with Gasteiger partial charge in [0.1, 0.15) is 0 Å². The number of anilines is 1. The first-order valence-corrected chi connectivity index (χ1v) is 5.33. The van der Waals surface area contributed by atoms with Gasteiger partial charge in [-0.1, -0.05) is 27.7 Å². The Kier molecular flexibility index (Phi) is 6.10. The van der Waals surface area contributed by atoms with E-state index in [1.165, 1.54) is 0 Å². The van der Waals surface area contributed by atoms with E-state index in [2.05, 4.69) is 4.98 Å². The lowest BCUT2D eigenvalue weighted by Gasteiger charge is -2.08. The highest BCUT2D eigenvalue weighted by molar-refractivity contribution is 5.96. The number of nitrogens with one attached hydrogen (secondary N) is 1. The van der Waals surface area contributed by atoms with Crippen LogP contribution in [-0.4, -0.2) is 10.9 Å². The maximum absolute atomic E-state index is 11.2. The molecule has 1 heterocycles. The summed E-state index contributed by atoms with van der Waals surface area (Å²) in [6.45, 7) is 7.98. The van der Waals surface area contributed by atoms with E-state index >= 15 is 0 Å². The summed E-state index contributed by atoms with van der Waals surface area (Å²) in [6, 6.07) is 3.46. The third kappa shape index (κ3) is 3.51. The molecule has 0 saturated heterocycles. The number of carbonyl (C=O) groups excluding carboxylic acids is 1. The molecule has 5 nitrogen and oxygen atoms in total. The zero-order valence-corrected chi connectivity index (χ0v) is 10.2. The number of amides is 1. The van der Waals surface area contributed by atoms with E-state index in [1.807, 2.05) is 33.1 Å². The van der Waals surface area contributed by atoms with Crippen LogP contribution in [0.2, 0.25) is 0 Å². The molecule has 90 valence electrons. The maximum atomic E-state index is 11.2. The van der Waals surface area contributed by atoms with Crippen molar-refractivity contribution < 1.29 is 4.79 Å². The Morgan fingerprint density at radius 1 is 1.38 bits per heavy atom. The van der Waals surface area contributed by atoms with E-state index in [0.717, 1.165) is 5.69 Å². The average molecular weight is 224 g/mol. The SMILES string of the molecule is CC.CC(C)c1ccc(N)c(C(=O)NN)n1. The van der Waals surface area contributed by atoms with E-state index in [4.69, 9.17) is 11.6 Å². The second-order valence-electron chi connectivity index (χ2n) is 3.30. The van der Waals surface area contributed by atoms with Crippen molar-refractivity contribution >= 4 is 11.6 Å². The van der Waals surface area contributed by atoms with Gasteiger partial charge in [-0.3, -0.25) is 10.2 Å². The van der Waals surface area contributed by atoms with Crippen molar-refractivity contribution in [3.05, 3.63) is 23.5 Å². The highest BCUT2D eigenvalue weighted by Gasteiger charge is 2.12. The van der Waals surface area contributed by atoms with Gasteiger partial charge < -0.3 is 5.73 Å². The third-order valence-electron chi connectivity index (χ3n) is 1.89. The van der Waals surface area contributed by atoms with Gasteiger partial charge in [-0.05, 0) is 18.1 Å². The van der Waals surface area contributed by atoms with Gasteiger partial charge in [0.25, 0.3) is 5.91 Å². The van der Waals surface area contributed by atoms with Crippen molar-refractivity contribution in [1.82, 2.24) is 10.4 Å². The summed E-state index contributed by atoms with van der Waals surface area (Å²) in [5.41, 5.74) is 8.92. The average Bonchev–Trinajstić information content (AvgIpc) is 2.31. The van der Waals surface area contributed by atoms with Gasteiger partial charge in [-0.2, -0.15) is 0 Å². The lowest BCUT2D eigenvalue weighted by molar-refractivity contribution is 0.0949. The highest BCUT2D eigenvalue weighted by Crippen LogP contribution is 2.16. The minimum absolute atomic E-state index is 0.179. The van der Waals surface area contributed by atoms with Crippen LogP contribution in [0.15, 0.2) is 12.1 Å². The van der Waals surface area contributed by atoms with Gasteiger partial charge in [-0.15, -0.1) is 0 Å². The summed E-state index contributed by atoms with van der Waals surface area (Å²) in [6.07, 6.45) is 0. The number of pyridine rings is 1. The number of hydrogen-bond donors (Lipinski definition) is 3. The molecule has 0 fully saturated rings. The zero-order chi connectivity index (χ0) is 12.7. The molecule has 0 unspecified atom stereocenters. The summed E-state index contributed by atoms with van der Waals surface area (Å²) in [7, 11) is 0. The minimum atomic E-state index is -0.468. The van der Waals surface area contributed by atoms with Crippen molar-refractivity contribution in [2.75, 3.05) is 5.73 Å². The Balaban J connectivity index is 0.00000106. The first kappa shape index (κ1) is 14.4. The molecule has 0 radical (unpaired) electrons. The summed E-state index contributed by atoms with van der Waals surface area (Å²) < 4.78 is 0. The lowest BCUT2D eigenvalue weighted by Crippen LogP contribution is -2.31. The fraction of sp³-hybridized carbons (Fsp3) is 0.455. The smallest absolute Gasteiger partial charge is 0.285 e. The topological polar surface area (TPSA) is 94.0 Å². The van der Waals surface area contributed by atoms with Crippen LogP contribution in [-0.2, 0) is 0 Å². The molecule has 1 aromatic rings. The molecule has 0 bridgehead atoms. The van der Waals surface area contributed by atoms with Crippen molar-refractivity contribution in [1.29, 1.82) is 0 Å². The predicted molar refractivity (Wildman–Crippen MR) is 65.7 cm³/mol. The van der Waals surface area contributed by atoms with Crippen LogP contribution in [0.25, 0.3) is 0 Å². The Hall–Kier alpha value is -1.62. The van der Waals surface area contributed by atoms with E-state index in [0.29, 0.717) is 5.69 Å². The van der Waals surface area contributed by atoms with Crippen LogP contribution in [0.4, 0.5) is 5.69 Å². The van der Waals surface area contributed by atoms with E-state index in [1.54, 1.807) is 12.1 Å². The number of hydrogen-bond acceptors (Lipinski definition) is 4. The molecule has 5 N–H and O–H groups in total. The van der Waals surface area contributed by atoms with Gasteiger partial charge >= 0.3 is 0 Å². The molecule has 1 rings (SSSR count). The third-order valence-corrected chi connectivity index (χ3v) is 1.89. The molecule has 0 spiro atoms. The molecule has 5 heteroatoms. The van der Waals surface area contributed by atoms with Gasteiger partial charge in [0.2, 0.25) is 0 Å². The number of nitrogens with zero attached hydrogens (tertiary/aromatic N) is 1. The molecule has 1 amide bonds. The molecule has 0 aliphatic heterocycles. The van der Waals surface area contributed by atoms with Crippen molar-refractivity contribution in [3.8, 4) is 0 Å². The first-order valence-electron chi connectivity index (χ1n) is 5.33. The van der Waals surface area contributed by atoms with Crippen molar-refractivity contribution in [2.45, 2.75) is 33.6 Å². The first-order chi connectivity index (χ1) is 7.56. The number of rotatable bonds is 2. The fourth-order valence-electron chi connectivity index (χ4n) is 1.06. The van der Waals surface area contributed by atoms with Crippen molar-refractivity contribution in [2.24, 2.45) is 5.84 Å². The number of nitrogens with two attached hydrogens (primary N) is 2. The van der Waals surface area contributed by atoms with Crippen LogP contribution in [0.5, 0.6) is 0 Å². The molecule has 0 aliphatic rings. The highest BCUT2D eigenvalue weighted by atomic mass is 16.2. The Morgan fingerprint density at radius 3 is 2.38 bits per heavy atom. The van der Waals surface area contributed by atoms with Crippen LogP contribution < -0.4 is 17.0 Å². The predicted octanol–water partition coefficient (Wildman–Crippen LogP) is 1.42. The number of hydrazine groups is 1. The van der Waals surface area contributed by atoms with E-state index in [9.17, 15) is 4.79 Å². The van der Waals surface area contributed by atoms with Gasteiger partial charge in [0, 0.05) is 5.69 Å². The van der Waals surface area contributed by atoms with E-state index in [-0.39, 0.29) is 11.6 Å². The Bertz CT molecular complexity index is 350.